The van der Waals surface area contributed by atoms with E-state index in [1.165, 1.54) is 116 Å². The predicted octanol–water partition coefficient (Wildman–Crippen LogP) is 12.9. The van der Waals surface area contributed by atoms with Gasteiger partial charge in [-0.2, -0.15) is 0 Å². The van der Waals surface area contributed by atoms with Gasteiger partial charge in [-0.15, -0.1) is 0 Å². The summed E-state index contributed by atoms with van der Waals surface area (Å²) in [5.41, 5.74) is 2.65. The first-order valence-electron chi connectivity index (χ1n) is 24.0. The molecule has 0 bridgehead atoms. The van der Waals surface area contributed by atoms with E-state index in [2.05, 4.69) is 40.7 Å². The fourth-order valence-corrected chi connectivity index (χ4v) is 17.8. The topological polar surface area (TPSA) is 66.8 Å². The molecule has 4 nitrogen and oxygen atoms in total. The predicted molar refractivity (Wildman–Crippen MR) is 231 cm³/mol. The standard InChI is InChI=1S/C24H38O.C22H34O2.C4H8O.2CH4/c1-4-16-8-10-20-19-9-7-18-15-22(2,25)13-14-24(18,17-5-6-17)21(19)11-12-23(16,20)3;1-20(24)11-12-22(14-3-4-14)15(13-20)5-6-16-17-7-8-19(23)21(17,2)10-9-18(16)22;1-2-4-5-3-1;;/h4,17-21,25H,5-15H2,1-3H3;14-18,24H,3-13H2,1-2H3;1-4H2;2*1H4/b16-4-;;;;/t18-,19+,20+,21+,22-,23-,24-;15-,16+,17+,18+,20-,21+,22-;;;/m11.../s1. The molecular weight excluding hydrogens is 689 g/mol. The van der Waals surface area contributed by atoms with E-state index in [1.807, 2.05) is 0 Å². The van der Waals surface area contributed by atoms with Gasteiger partial charge in [-0.3, -0.25) is 4.79 Å². The minimum Gasteiger partial charge on any atom is -0.390 e. The first-order chi connectivity index (χ1) is 25.8. The van der Waals surface area contributed by atoms with Crippen molar-refractivity contribution < 1.29 is 19.7 Å². The first-order valence-corrected chi connectivity index (χ1v) is 24.0. The summed E-state index contributed by atoms with van der Waals surface area (Å²) < 4.78 is 4.94. The summed E-state index contributed by atoms with van der Waals surface area (Å²) in [6.07, 6.45) is 33.3. The van der Waals surface area contributed by atoms with Gasteiger partial charge in [0.15, 0.2) is 0 Å². The maximum absolute atomic E-state index is 12.6. The Morgan fingerprint density at radius 3 is 1.43 bits per heavy atom. The number of allylic oxidation sites excluding steroid dienone is 2. The summed E-state index contributed by atoms with van der Waals surface area (Å²) in [5, 5.41) is 21.5. The number of ether oxygens (including phenoxy) is 1. The minimum absolute atomic E-state index is 0. The molecule has 0 radical (unpaired) electrons. The zero-order valence-electron chi connectivity index (χ0n) is 35.4. The van der Waals surface area contributed by atoms with E-state index < -0.39 is 5.60 Å². The van der Waals surface area contributed by atoms with E-state index in [1.54, 1.807) is 5.57 Å². The zero-order valence-corrected chi connectivity index (χ0v) is 35.4. The van der Waals surface area contributed by atoms with Gasteiger partial charge in [0.05, 0.1) is 11.2 Å². The van der Waals surface area contributed by atoms with Crippen molar-refractivity contribution in [1.82, 2.24) is 0 Å². The Bertz CT molecular complexity index is 1430. The molecule has 10 saturated carbocycles. The number of hydrogen-bond acceptors (Lipinski definition) is 4. The molecular formula is C52H88O4. The molecule has 10 aliphatic carbocycles. The summed E-state index contributed by atoms with van der Waals surface area (Å²) in [6, 6.07) is 0. The van der Waals surface area contributed by atoms with Crippen molar-refractivity contribution in [3.05, 3.63) is 11.6 Å². The van der Waals surface area contributed by atoms with Crippen molar-refractivity contribution in [3.8, 4) is 0 Å². The van der Waals surface area contributed by atoms with Crippen LogP contribution in [0, 0.1) is 80.8 Å². The molecule has 56 heavy (non-hydrogen) atoms. The number of ketones is 1. The Balaban J connectivity index is 0.000000148. The molecule has 0 unspecified atom stereocenters. The molecule has 11 fully saturated rings. The summed E-state index contributed by atoms with van der Waals surface area (Å²) in [7, 11) is 0. The van der Waals surface area contributed by atoms with Crippen LogP contribution in [0.2, 0.25) is 0 Å². The molecule has 0 aromatic carbocycles. The van der Waals surface area contributed by atoms with Gasteiger partial charge in [-0.25, -0.2) is 0 Å². The lowest BCUT2D eigenvalue weighted by Crippen LogP contribution is -2.57. The first kappa shape index (κ1) is 43.4. The molecule has 0 aromatic heterocycles. The molecule has 0 spiro atoms. The van der Waals surface area contributed by atoms with Gasteiger partial charge in [0, 0.05) is 25.0 Å². The van der Waals surface area contributed by atoms with Gasteiger partial charge in [-0.1, -0.05) is 40.3 Å². The lowest BCUT2D eigenvalue weighted by atomic mass is 9.42. The molecule has 1 saturated heterocycles. The van der Waals surface area contributed by atoms with Crippen LogP contribution in [0.4, 0.5) is 0 Å². The number of carbonyl (C=O) groups is 1. The average molecular weight is 777 g/mol. The number of hydrogen-bond donors (Lipinski definition) is 2. The Labute approximate surface area is 344 Å². The van der Waals surface area contributed by atoms with Gasteiger partial charge < -0.3 is 14.9 Å². The quantitative estimate of drug-likeness (QED) is 0.274. The highest BCUT2D eigenvalue weighted by molar-refractivity contribution is 5.87. The molecule has 1 aliphatic heterocycles. The molecule has 11 aliphatic rings. The van der Waals surface area contributed by atoms with Crippen molar-refractivity contribution in [1.29, 1.82) is 0 Å². The Morgan fingerprint density at radius 2 is 0.982 bits per heavy atom. The zero-order chi connectivity index (χ0) is 37.7. The highest BCUT2D eigenvalue weighted by Gasteiger charge is 2.67. The van der Waals surface area contributed by atoms with Crippen molar-refractivity contribution in [2.24, 2.45) is 80.8 Å². The second-order valence-electron chi connectivity index (χ2n) is 23.0. The van der Waals surface area contributed by atoms with Crippen LogP contribution in [0.5, 0.6) is 0 Å². The molecule has 1 heterocycles. The summed E-state index contributed by atoms with van der Waals surface area (Å²) >= 11 is 0. The molecule has 4 heteroatoms. The Kier molecular flexibility index (Phi) is 12.1. The largest absolute Gasteiger partial charge is 0.390 e. The second-order valence-corrected chi connectivity index (χ2v) is 23.0. The molecule has 2 N–H and O–H groups in total. The molecule has 0 aromatic rings. The van der Waals surface area contributed by atoms with Crippen LogP contribution in [-0.4, -0.2) is 40.4 Å². The molecule has 320 valence electrons. The lowest BCUT2D eigenvalue weighted by Gasteiger charge is -2.63. The van der Waals surface area contributed by atoms with Gasteiger partial charge in [0.25, 0.3) is 0 Å². The van der Waals surface area contributed by atoms with Gasteiger partial charge in [0.1, 0.15) is 5.78 Å². The highest BCUT2D eigenvalue weighted by atomic mass is 16.5. The number of fused-ring (bicyclic) bond motifs is 10. The number of carbonyl (C=O) groups excluding carboxylic acids is 1. The average Bonchev–Trinajstić information content (AvgIpc) is 4.06. The number of Topliss-reactive ketones (excluding diaryl/α,β-unsaturated/α-hetero) is 1. The third kappa shape index (κ3) is 7.00. The third-order valence-corrected chi connectivity index (χ3v) is 20.4. The van der Waals surface area contributed by atoms with Crippen molar-refractivity contribution in [3.63, 3.8) is 0 Å². The summed E-state index contributed by atoms with van der Waals surface area (Å²) in [5.74, 6) is 9.31. The minimum atomic E-state index is -0.428. The molecule has 14 atom stereocenters. The summed E-state index contributed by atoms with van der Waals surface area (Å²) in [4.78, 5) is 12.6. The normalized spacial score (nSPS) is 52.1. The molecule has 0 amide bonds. The monoisotopic (exact) mass is 777 g/mol. The van der Waals surface area contributed by atoms with Gasteiger partial charge >= 0.3 is 0 Å². The van der Waals surface area contributed by atoms with E-state index >= 15 is 0 Å². The third-order valence-electron chi connectivity index (χ3n) is 20.4. The van der Waals surface area contributed by atoms with Crippen molar-refractivity contribution in [2.75, 3.05) is 13.2 Å². The molecule has 11 rings (SSSR count). The van der Waals surface area contributed by atoms with E-state index in [0.717, 1.165) is 105 Å². The van der Waals surface area contributed by atoms with Crippen LogP contribution in [-0.2, 0) is 9.53 Å². The highest BCUT2D eigenvalue weighted by Crippen LogP contribution is 2.74. The SMILES string of the molecule is C.C.C/C=C1/CC[C@H]2[C@@H]3CC[C@@H]4C[C@](C)(O)CC[C@]4(C4CC4)[C@H]3CC[C@]12C.C1CCOC1.C[C@@]1(O)CC[C@@]2(C3CC3)[C@H](CC[C@@H]3[C@@H]2CC[C@]2(C)C(=O)CC[C@@H]32)C1. The maximum atomic E-state index is 12.6. The van der Waals surface area contributed by atoms with Crippen LogP contribution in [0.1, 0.15) is 204 Å². The number of aliphatic hydroxyl groups is 2. The Hall–Kier alpha value is -0.710. The van der Waals surface area contributed by atoms with E-state index in [-0.39, 0.29) is 25.9 Å². The second kappa shape index (κ2) is 15.6. The summed E-state index contributed by atoms with van der Waals surface area (Å²) in [6.45, 7) is 13.4. The van der Waals surface area contributed by atoms with Crippen molar-refractivity contribution in [2.45, 2.75) is 215 Å². The van der Waals surface area contributed by atoms with Crippen LogP contribution in [0.25, 0.3) is 0 Å². The van der Waals surface area contributed by atoms with E-state index in [9.17, 15) is 15.0 Å². The van der Waals surface area contributed by atoms with E-state index in [0.29, 0.717) is 27.9 Å². The fraction of sp³-hybridized carbons (Fsp3) is 0.942. The number of rotatable bonds is 2. The van der Waals surface area contributed by atoms with Gasteiger partial charge in [-0.05, 0) is 244 Å². The lowest BCUT2D eigenvalue weighted by molar-refractivity contribution is -0.164. The van der Waals surface area contributed by atoms with Crippen LogP contribution in [0.15, 0.2) is 11.6 Å². The van der Waals surface area contributed by atoms with Crippen LogP contribution >= 0.6 is 0 Å². The van der Waals surface area contributed by atoms with Gasteiger partial charge in [0.2, 0.25) is 0 Å². The van der Waals surface area contributed by atoms with Crippen molar-refractivity contribution >= 4 is 5.78 Å². The maximum Gasteiger partial charge on any atom is 0.139 e. The van der Waals surface area contributed by atoms with Crippen LogP contribution in [0.3, 0.4) is 0 Å². The van der Waals surface area contributed by atoms with Crippen LogP contribution < -0.4 is 0 Å². The Morgan fingerprint density at radius 1 is 0.536 bits per heavy atom. The fourth-order valence-electron chi connectivity index (χ4n) is 17.8. The van der Waals surface area contributed by atoms with E-state index in [4.69, 9.17) is 4.74 Å². The smallest absolute Gasteiger partial charge is 0.139 e.